The van der Waals surface area contributed by atoms with Gasteiger partial charge in [0.2, 0.25) is 5.91 Å². The summed E-state index contributed by atoms with van der Waals surface area (Å²) in [6, 6.07) is 14.6. The number of amides is 1. The number of carbonyl (C=O) groups excluding carboxylic acids is 1. The normalized spacial score (nSPS) is 10.8. The van der Waals surface area contributed by atoms with E-state index in [-0.39, 0.29) is 24.7 Å². The Balaban J connectivity index is 1.90. The lowest BCUT2D eigenvalue weighted by Crippen LogP contribution is -2.36. The van der Waals surface area contributed by atoms with E-state index in [1.165, 1.54) is 32.0 Å². The van der Waals surface area contributed by atoms with Crippen LogP contribution in [0.4, 0.5) is 11.5 Å². The van der Waals surface area contributed by atoms with Crippen LogP contribution in [0.3, 0.4) is 0 Å². The molecule has 0 aliphatic carbocycles. The highest BCUT2D eigenvalue weighted by atomic mass is 16.5. The molecule has 0 saturated carbocycles. The summed E-state index contributed by atoms with van der Waals surface area (Å²) in [4.78, 5) is 40.2. The highest BCUT2D eigenvalue weighted by molar-refractivity contribution is 6.03. The lowest BCUT2D eigenvalue weighted by Gasteiger charge is -2.17. The van der Waals surface area contributed by atoms with Crippen molar-refractivity contribution in [1.29, 1.82) is 0 Å². The molecular formula is C25H28N4O6. The number of nitrogens with zero attached hydrogens (tertiary/aromatic N) is 1. The lowest BCUT2D eigenvalue weighted by molar-refractivity contribution is -0.111. The van der Waals surface area contributed by atoms with E-state index in [0.717, 1.165) is 5.56 Å². The number of hydrogen-bond acceptors (Lipinski definition) is 7. The van der Waals surface area contributed by atoms with Crippen LogP contribution in [0.2, 0.25) is 0 Å². The molecule has 2 aromatic carbocycles. The van der Waals surface area contributed by atoms with E-state index in [1.807, 2.05) is 30.3 Å². The summed E-state index contributed by atoms with van der Waals surface area (Å²) in [6.07, 6.45) is 2.88. The van der Waals surface area contributed by atoms with E-state index in [0.29, 0.717) is 23.6 Å². The number of carbonyl (C=O) groups is 1. The van der Waals surface area contributed by atoms with Crippen LogP contribution in [0, 0.1) is 0 Å². The van der Waals surface area contributed by atoms with Gasteiger partial charge in [-0.25, -0.2) is 4.79 Å². The highest BCUT2D eigenvalue weighted by Crippen LogP contribution is 2.28. The zero-order valence-electron chi connectivity index (χ0n) is 19.8. The molecule has 0 unspecified atom stereocenters. The van der Waals surface area contributed by atoms with Crippen molar-refractivity contribution in [3.8, 4) is 11.5 Å². The maximum atomic E-state index is 12.8. The van der Waals surface area contributed by atoms with Gasteiger partial charge in [0.05, 0.1) is 27.4 Å². The first-order valence-electron chi connectivity index (χ1n) is 10.8. The van der Waals surface area contributed by atoms with E-state index in [1.54, 1.807) is 24.3 Å². The average molecular weight is 481 g/mol. The summed E-state index contributed by atoms with van der Waals surface area (Å²) < 4.78 is 16.8. The van der Waals surface area contributed by atoms with Crippen molar-refractivity contribution in [2.24, 2.45) is 0 Å². The number of aromatic nitrogens is 2. The van der Waals surface area contributed by atoms with Gasteiger partial charge in [-0.3, -0.25) is 19.1 Å². The van der Waals surface area contributed by atoms with Crippen LogP contribution in [0.25, 0.3) is 6.08 Å². The van der Waals surface area contributed by atoms with Crippen LogP contribution in [0.15, 0.2) is 64.2 Å². The lowest BCUT2D eigenvalue weighted by atomic mass is 10.2. The second kappa shape index (κ2) is 12.2. The zero-order valence-corrected chi connectivity index (χ0v) is 19.8. The fourth-order valence-electron chi connectivity index (χ4n) is 3.33. The predicted octanol–water partition coefficient (Wildman–Crippen LogP) is 2.46. The molecule has 0 fully saturated rings. The number of anilines is 2. The second-order valence-corrected chi connectivity index (χ2v) is 7.40. The Kier molecular flexibility index (Phi) is 8.85. The van der Waals surface area contributed by atoms with Gasteiger partial charge < -0.3 is 24.8 Å². The van der Waals surface area contributed by atoms with E-state index < -0.39 is 17.2 Å². The van der Waals surface area contributed by atoms with Crippen LogP contribution in [0.5, 0.6) is 11.5 Å². The van der Waals surface area contributed by atoms with Gasteiger partial charge >= 0.3 is 5.69 Å². The summed E-state index contributed by atoms with van der Waals surface area (Å²) in [7, 11) is 4.55. The molecule has 0 atom stereocenters. The standard InChI is InChI=1S/C25H28N4O6/c1-33-14-13-29-23(22(24(31)28-25(29)32)26-16-18-7-5-4-6-8-18)27-21(30)12-10-17-9-11-19(34-2)20(15-17)35-3/h4-12,15,26H,13-14,16H2,1-3H3,(H,27,30)(H,28,31,32)/b12-10+. The molecule has 3 aromatic rings. The molecule has 3 N–H and O–H groups in total. The average Bonchev–Trinajstić information content (AvgIpc) is 2.87. The van der Waals surface area contributed by atoms with Crippen molar-refractivity contribution < 1.29 is 19.0 Å². The molecule has 1 aromatic heterocycles. The number of ether oxygens (including phenoxy) is 3. The number of aromatic amines is 1. The van der Waals surface area contributed by atoms with Crippen LogP contribution in [-0.2, 0) is 22.6 Å². The number of nitrogens with one attached hydrogen (secondary N) is 3. The third-order valence-electron chi connectivity index (χ3n) is 5.11. The summed E-state index contributed by atoms with van der Waals surface area (Å²) in [5, 5.41) is 5.71. The maximum Gasteiger partial charge on any atom is 0.330 e. The number of methoxy groups -OCH3 is 3. The first-order chi connectivity index (χ1) is 17.0. The second-order valence-electron chi connectivity index (χ2n) is 7.40. The number of rotatable bonds is 11. The van der Waals surface area contributed by atoms with Crippen molar-refractivity contribution in [2.75, 3.05) is 38.6 Å². The molecule has 35 heavy (non-hydrogen) atoms. The molecule has 0 spiro atoms. The van der Waals surface area contributed by atoms with Crippen LogP contribution in [0.1, 0.15) is 11.1 Å². The third-order valence-corrected chi connectivity index (χ3v) is 5.11. The van der Waals surface area contributed by atoms with Crippen molar-refractivity contribution in [2.45, 2.75) is 13.1 Å². The van der Waals surface area contributed by atoms with Crippen molar-refractivity contribution in [3.05, 3.63) is 86.6 Å². The van der Waals surface area contributed by atoms with E-state index >= 15 is 0 Å². The topological polar surface area (TPSA) is 124 Å². The van der Waals surface area contributed by atoms with Gasteiger partial charge in [0.15, 0.2) is 11.5 Å². The molecular weight excluding hydrogens is 452 g/mol. The van der Waals surface area contributed by atoms with Gasteiger partial charge in [0, 0.05) is 19.7 Å². The minimum Gasteiger partial charge on any atom is -0.493 e. The Morgan fingerprint density at radius 1 is 1.03 bits per heavy atom. The highest BCUT2D eigenvalue weighted by Gasteiger charge is 2.17. The molecule has 0 aliphatic rings. The molecule has 0 bridgehead atoms. The fourth-order valence-corrected chi connectivity index (χ4v) is 3.33. The minimum atomic E-state index is -0.656. The van der Waals surface area contributed by atoms with Gasteiger partial charge in [-0.1, -0.05) is 36.4 Å². The summed E-state index contributed by atoms with van der Waals surface area (Å²) >= 11 is 0. The summed E-state index contributed by atoms with van der Waals surface area (Å²) in [6.45, 7) is 0.645. The van der Waals surface area contributed by atoms with E-state index in [2.05, 4.69) is 15.6 Å². The monoisotopic (exact) mass is 480 g/mol. The first kappa shape index (κ1) is 25.3. The number of hydrogen-bond donors (Lipinski definition) is 3. The Bertz CT molecular complexity index is 1300. The quantitative estimate of drug-likeness (QED) is 0.360. The number of benzene rings is 2. The van der Waals surface area contributed by atoms with Crippen LogP contribution in [-0.4, -0.2) is 43.4 Å². The van der Waals surface area contributed by atoms with Crippen LogP contribution >= 0.6 is 0 Å². The van der Waals surface area contributed by atoms with E-state index in [4.69, 9.17) is 14.2 Å². The molecule has 3 rings (SSSR count). The molecule has 10 heteroatoms. The molecule has 0 radical (unpaired) electrons. The Hall–Kier alpha value is -4.31. The Morgan fingerprint density at radius 2 is 1.77 bits per heavy atom. The van der Waals surface area contributed by atoms with Gasteiger partial charge in [-0.15, -0.1) is 0 Å². The molecule has 0 aliphatic heterocycles. The van der Waals surface area contributed by atoms with E-state index in [9.17, 15) is 14.4 Å². The summed E-state index contributed by atoms with van der Waals surface area (Å²) in [5.41, 5.74) is 0.391. The molecule has 0 saturated heterocycles. The zero-order chi connectivity index (χ0) is 25.2. The fraction of sp³-hybridized carbons (Fsp3) is 0.240. The molecule has 184 valence electrons. The summed E-state index contributed by atoms with van der Waals surface area (Å²) in [5.74, 6) is 0.603. The van der Waals surface area contributed by atoms with Gasteiger partial charge in [0.25, 0.3) is 5.56 Å². The van der Waals surface area contributed by atoms with Gasteiger partial charge in [0.1, 0.15) is 11.5 Å². The predicted molar refractivity (Wildman–Crippen MR) is 134 cm³/mol. The third kappa shape index (κ3) is 6.61. The molecule has 10 nitrogen and oxygen atoms in total. The Labute approximate surface area is 202 Å². The largest absolute Gasteiger partial charge is 0.493 e. The first-order valence-corrected chi connectivity index (χ1v) is 10.8. The SMILES string of the molecule is COCCn1c(NC(=O)/C=C/c2ccc(OC)c(OC)c2)c(NCc2ccccc2)c(=O)[nH]c1=O. The number of H-pyrrole nitrogens is 1. The maximum absolute atomic E-state index is 12.8. The Morgan fingerprint density at radius 3 is 2.46 bits per heavy atom. The molecule has 1 heterocycles. The van der Waals surface area contributed by atoms with Crippen molar-refractivity contribution in [3.63, 3.8) is 0 Å². The smallest absolute Gasteiger partial charge is 0.330 e. The van der Waals surface area contributed by atoms with Gasteiger partial charge in [-0.2, -0.15) is 0 Å². The van der Waals surface area contributed by atoms with Crippen molar-refractivity contribution in [1.82, 2.24) is 9.55 Å². The van der Waals surface area contributed by atoms with Gasteiger partial charge in [-0.05, 0) is 29.3 Å². The van der Waals surface area contributed by atoms with Crippen molar-refractivity contribution >= 4 is 23.5 Å². The van der Waals surface area contributed by atoms with Crippen LogP contribution < -0.4 is 31.4 Å². The minimum absolute atomic E-state index is 0.0497. The molecule has 1 amide bonds.